The van der Waals surface area contributed by atoms with Gasteiger partial charge in [-0.1, -0.05) is 6.92 Å². The Balaban J connectivity index is 2.60. The molecular formula is C12H17N3O5. The molecule has 0 aliphatic rings. The summed E-state index contributed by atoms with van der Waals surface area (Å²) in [6, 6.07) is 1.51. The monoisotopic (exact) mass is 283 g/mol. The third kappa shape index (κ3) is 4.08. The molecule has 8 nitrogen and oxygen atoms in total. The lowest BCUT2D eigenvalue weighted by Gasteiger charge is -2.16. The van der Waals surface area contributed by atoms with Crippen molar-refractivity contribution in [3.8, 4) is 0 Å². The van der Waals surface area contributed by atoms with E-state index in [-0.39, 0.29) is 17.7 Å². The molecule has 0 saturated heterocycles. The third-order valence-corrected chi connectivity index (χ3v) is 2.74. The molecule has 0 aliphatic carbocycles. The Hall–Kier alpha value is -2.38. The Labute approximate surface area is 115 Å². The van der Waals surface area contributed by atoms with Gasteiger partial charge in [0.15, 0.2) is 5.76 Å². The first-order valence-electron chi connectivity index (χ1n) is 6.20. The molecule has 20 heavy (non-hydrogen) atoms. The molecule has 0 radical (unpaired) electrons. The molecule has 0 saturated carbocycles. The first-order chi connectivity index (χ1) is 9.35. The van der Waals surface area contributed by atoms with E-state index in [1.807, 2.05) is 13.8 Å². The zero-order chi connectivity index (χ0) is 15.3. The van der Waals surface area contributed by atoms with Gasteiger partial charge in [-0.2, -0.15) is 0 Å². The molecule has 110 valence electrons. The average molecular weight is 283 g/mol. The highest BCUT2D eigenvalue weighted by Gasteiger charge is 2.21. The minimum Gasteiger partial charge on any atom is -0.395 e. The number of hydrogen-bond acceptors (Lipinski definition) is 5. The van der Waals surface area contributed by atoms with Crippen molar-refractivity contribution in [3.05, 3.63) is 28.0 Å². The van der Waals surface area contributed by atoms with E-state index in [4.69, 9.17) is 4.42 Å². The van der Waals surface area contributed by atoms with Crippen molar-refractivity contribution in [1.29, 1.82) is 0 Å². The summed E-state index contributed by atoms with van der Waals surface area (Å²) >= 11 is 0. The second kappa shape index (κ2) is 6.69. The maximum atomic E-state index is 11.7. The lowest BCUT2D eigenvalue weighted by atomic mass is 10.2. The van der Waals surface area contributed by atoms with Gasteiger partial charge in [0, 0.05) is 6.04 Å². The minimum atomic E-state index is -0.763. The summed E-state index contributed by atoms with van der Waals surface area (Å²) in [6.07, 6.45) is 0.775. The molecule has 0 bridgehead atoms. The van der Waals surface area contributed by atoms with Gasteiger partial charge in [0.1, 0.15) is 11.0 Å². The van der Waals surface area contributed by atoms with Gasteiger partial charge in [0.25, 0.3) is 5.91 Å². The van der Waals surface area contributed by atoms with Crippen molar-refractivity contribution in [3.63, 3.8) is 0 Å². The van der Waals surface area contributed by atoms with E-state index in [0.29, 0.717) is 0 Å². The zero-order valence-corrected chi connectivity index (χ0v) is 11.5. The summed E-state index contributed by atoms with van der Waals surface area (Å²) in [7, 11) is 0. The minimum absolute atomic E-state index is 0.00607. The van der Waals surface area contributed by atoms with Crippen LogP contribution >= 0.6 is 0 Å². The normalized spacial score (nSPS) is 13.3. The highest BCUT2D eigenvalue weighted by molar-refractivity contribution is 5.95. The van der Waals surface area contributed by atoms with Crippen LogP contribution in [0, 0.1) is 10.1 Å². The number of carbonyl (C=O) groups is 2. The number of nitrogens with zero attached hydrogens (tertiary/aromatic N) is 1. The van der Waals surface area contributed by atoms with Gasteiger partial charge in [-0.25, -0.2) is 0 Å². The fourth-order valence-corrected chi connectivity index (χ4v) is 1.35. The van der Waals surface area contributed by atoms with Gasteiger partial charge in [0.2, 0.25) is 5.91 Å². The van der Waals surface area contributed by atoms with Gasteiger partial charge < -0.3 is 15.1 Å². The molecular weight excluding hydrogens is 266 g/mol. The van der Waals surface area contributed by atoms with E-state index in [1.165, 1.54) is 13.0 Å². The van der Waals surface area contributed by atoms with E-state index in [2.05, 4.69) is 10.6 Å². The molecule has 1 aromatic heterocycles. The molecule has 2 atom stereocenters. The Morgan fingerprint density at radius 3 is 2.50 bits per heavy atom. The van der Waals surface area contributed by atoms with Crippen molar-refractivity contribution >= 4 is 17.7 Å². The van der Waals surface area contributed by atoms with Crippen LogP contribution in [-0.2, 0) is 4.79 Å². The number of carbonyl (C=O) groups excluding carboxylic acids is 2. The van der Waals surface area contributed by atoms with Crippen LogP contribution in [0.4, 0.5) is 5.88 Å². The van der Waals surface area contributed by atoms with Crippen LogP contribution in [0.5, 0.6) is 0 Å². The average Bonchev–Trinajstić information content (AvgIpc) is 2.88. The van der Waals surface area contributed by atoms with Crippen LogP contribution in [0.2, 0.25) is 0 Å². The molecule has 1 aromatic rings. The van der Waals surface area contributed by atoms with Crippen LogP contribution < -0.4 is 10.6 Å². The van der Waals surface area contributed by atoms with Crippen LogP contribution in [0.3, 0.4) is 0 Å². The summed E-state index contributed by atoms with van der Waals surface area (Å²) in [5, 5.41) is 15.6. The third-order valence-electron chi connectivity index (χ3n) is 2.74. The summed E-state index contributed by atoms with van der Waals surface area (Å²) in [4.78, 5) is 33.2. The quantitative estimate of drug-likeness (QED) is 0.601. The lowest BCUT2D eigenvalue weighted by Crippen LogP contribution is -2.47. The number of rotatable bonds is 6. The number of furan rings is 1. The second-order valence-electron chi connectivity index (χ2n) is 4.41. The number of nitrogens with one attached hydrogen (secondary N) is 2. The number of hydrogen-bond donors (Lipinski definition) is 2. The van der Waals surface area contributed by atoms with Gasteiger partial charge in [0.05, 0.1) is 6.07 Å². The predicted octanol–water partition coefficient (Wildman–Crippen LogP) is 1.22. The maximum absolute atomic E-state index is 11.7. The molecule has 0 fully saturated rings. The molecule has 8 heteroatoms. The van der Waals surface area contributed by atoms with Crippen LogP contribution in [0.1, 0.15) is 37.7 Å². The van der Waals surface area contributed by atoms with E-state index in [9.17, 15) is 19.7 Å². The molecule has 2 N–H and O–H groups in total. The molecule has 0 spiro atoms. The fraction of sp³-hybridized carbons (Fsp3) is 0.500. The maximum Gasteiger partial charge on any atom is 0.433 e. The van der Waals surface area contributed by atoms with E-state index in [0.717, 1.165) is 12.5 Å². The molecule has 0 aromatic carbocycles. The smallest absolute Gasteiger partial charge is 0.395 e. The predicted molar refractivity (Wildman–Crippen MR) is 70.2 cm³/mol. The highest BCUT2D eigenvalue weighted by Crippen LogP contribution is 2.15. The number of amides is 2. The van der Waals surface area contributed by atoms with Gasteiger partial charge in [-0.05, 0) is 26.3 Å². The van der Waals surface area contributed by atoms with E-state index >= 15 is 0 Å². The largest absolute Gasteiger partial charge is 0.433 e. The van der Waals surface area contributed by atoms with Gasteiger partial charge in [-0.15, -0.1) is 0 Å². The molecule has 1 rings (SSSR count). The zero-order valence-electron chi connectivity index (χ0n) is 11.5. The van der Waals surface area contributed by atoms with Crippen molar-refractivity contribution in [2.24, 2.45) is 0 Å². The fourth-order valence-electron chi connectivity index (χ4n) is 1.35. The second-order valence-corrected chi connectivity index (χ2v) is 4.41. The van der Waals surface area contributed by atoms with Crippen molar-refractivity contribution in [1.82, 2.24) is 10.6 Å². The topological polar surface area (TPSA) is 114 Å². The Kier molecular flexibility index (Phi) is 5.24. The molecule has 2 amide bonds. The summed E-state index contributed by atoms with van der Waals surface area (Å²) in [6.45, 7) is 5.30. The molecule has 2 unspecified atom stereocenters. The first-order valence-corrected chi connectivity index (χ1v) is 6.20. The van der Waals surface area contributed by atoms with E-state index < -0.39 is 22.8 Å². The Bertz CT molecular complexity index is 511. The molecule has 0 aliphatic heterocycles. The summed E-state index contributed by atoms with van der Waals surface area (Å²) < 4.78 is 4.75. The highest BCUT2D eigenvalue weighted by atomic mass is 16.6. The van der Waals surface area contributed by atoms with Crippen LogP contribution in [-0.4, -0.2) is 28.8 Å². The summed E-state index contributed by atoms with van der Waals surface area (Å²) in [5.41, 5.74) is 0. The van der Waals surface area contributed by atoms with Gasteiger partial charge >= 0.3 is 5.88 Å². The SMILES string of the molecule is CCC(C)NC(=O)C(C)NC(=O)c1ccc([N+](=O)[O-])o1. The standard InChI is InChI=1S/C12H17N3O5/c1-4-7(2)13-11(16)8(3)14-12(17)9-5-6-10(20-9)15(18)19/h5-8H,4H2,1-3H3,(H,13,16)(H,14,17). The van der Waals surface area contributed by atoms with Crippen molar-refractivity contribution < 1.29 is 18.9 Å². The van der Waals surface area contributed by atoms with Crippen molar-refractivity contribution in [2.75, 3.05) is 0 Å². The summed E-state index contributed by atoms with van der Waals surface area (Å²) in [5.74, 6) is -1.73. The van der Waals surface area contributed by atoms with Gasteiger partial charge in [-0.3, -0.25) is 19.7 Å². The molecule has 1 heterocycles. The Morgan fingerprint density at radius 1 is 1.35 bits per heavy atom. The Morgan fingerprint density at radius 2 is 2.00 bits per heavy atom. The van der Waals surface area contributed by atoms with E-state index in [1.54, 1.807) is 0 Å². The first kappa shape index (κ1) is 15.7. The lowest BCUT2D eigenvalue weighted by molar-refractivity contribution is -0.402. The number of nitro groups is 1. The van der Waals surface area contributed by atoms with Crippen LogP contribution in [0.15, 0.2) is 16.5 Å². The van der Waals surface area contributed by atoms with Crippen molar-refractivity contribution in [2.45, 2.75) is 39.3 Å². The van der Waals surface area contributed by atoms with Crippen LogP contribution in [0.25, 0.3) is 0 Å².